The fraction of sp³-hybridized carbons (Fsp3) is 0.517. The van der Waals surface area contributed by atoms with Gasteiger partial charge in [0.2, 0.25) is 5.96 Å². The Morgan fingerprint density at radius 2 is 1.82 bits per heavy atom. The molecule has 0 radical (unpaired) electrons. The van der Waals surface area contributed by atoms with Gasteiger partial charge < -0.3 is 33.3 Å². The fourth-order valence-electron chi connectivity index (χ4n) is 5.01. The van der Waals surface area contributed by atoms with Gasteiger partial charge in [0.25, 0.3) is 0 Å². The third-order valence-electron chi connectivity index (χ3n) is 7.09. The van der Waals surface area contributed by atoms with Crippen LogP contribution >= 0.6 is 0 Å². The SMILES string of the molecule is COc1ccc(C(CN(CC(OC)OC)C(=N)NC#N)OC2CCCCO2)cc1OC1Cc2ccccc2C1. The molecule has 4 rings (SSSR count). The van der Waals surface area contributed by atoms with E-state index in [1.54, 1.807) is 12.0 Å². The number of hydrogen-bond donors (Lipinski definition) is 2. The van der Waals surface area contributed by atoms with Crippen LogP contribution in [0.2, 0.25) is 0 Å². The summed E-state index contributed by atoms with van der Waals surface area (Å²) in [6, 6.07) is 14.2. The normalized spacial score (nSPS) is 17.8. The van der Waals surface area contributed by atoms with Crippen molar-refractivity contribution >= 4 is 5.96 Å². The van der Waals surface area contributed by atoms with Crippen LogP contribution in [0.5, 0.6) is 11.5 Å². The molecule has 2 unspecified atom stereocenters. The van der Waals surface area contributed by atoms with Gasteiger partial charge in [-0.15, -0.1) is 0 Å². The molecule has 0 aromatic heterocycles. The van der Waals surface area contributed by atoms with E-state index in [2.05, 4.69) is 29.6 Å². The number of hydrogen-bond acceptors (Lipinski definition) is 8. The van der Waals surface area contributed by atoms with Crippen LogP contribution in [0.15, 0.2) is 42.5 Å². The quantitative estimate of drug-likeness (QED) is 0.137. The number of guanidine groups is 1. The lowest BCUT2D eigenvalue weighted by Gasteiger charge is -2.34. The lowest BCUT2D eigenvalue weighted by atomic mass is 10.1. The Morgan fingerprint density at radius 3 is 2.44 bits per heavy atom. The first-order chi connectivity index (χ1) is 19.0. The highest BCUT2D eigenvalue weighted by atomic mass is 16.7. The summed E-state index contributed by atoms with van der Waals surface area (Å²) in [4.78, 5) is 1.66. The van der Waals surface area contributed by atoms with Crippen LogP contribution in [0.3, 0.4) is 0 Å². The third kappa shape index (κ3) is 7.61. The van der Waals surface area contributed by atoms with Crippen LogP contribution in [-0.4, -0.2) is 70.6 Å². The molecule has 1 saturated heterocycles. The van der Waals surface area contributed by atoms with E-state index in [-0.39, 0.29) is 31.4 Å². The smallest absolute Gasteiger partial charge is 0.204 e. The maximum Gasteiger partial charge on any atom is 0.204 e. The summed E-state index contributed by atoms with van der Waals surface area (Å²) in [5.74, 6) is 1.19. The van der Waals surface area contributed by atoms with E-state index in [0.717, 1.165) is 37.7 Å². The second kappa shape index (κ2) is 14.1. The van der Waals surface area contributed by atoms with Crippen molar-refractivity contribution in [1.29, 1.82) is 10.7 Å². The molecule has 0 spiro atoms. The summed E-state index contributed by atoms with van der Waals surface area (Å²) >= 11 is 0. The topological polar surface area (TPSA) is 118 Å². The highest BCUT2D eigenvalue weighted by molar-refractivity contribution is 5.78. The van der Waals surface area contributed by atoms with Gasteiger partial charge in [-0.25, -0.2) is 0 Å². The molecule has 2 aliphatic rings. The molecule has 1 aliphatic heterocycles. The molecule has 0 bridgehead atoms. The molecular formula is C29H38N4O6. The van der Waals surface area contributed by atoms with E-state index >= 15 is 0 Å². The predicted octanol–water partition coefficient (Wildman–Crippen LogP) is 3.75. The molecule has 10 nitrogen and oxygen atoms in total. The van der Waals surface area contributed by atoms with Crippen molar-refractivity contribution < 1.29 is 28.4 Å². The number of rotatable bonds is 12. The van der Waals surface area contributed by atoms with Crippen molar-refractivity contribution in [3.05, 3.63) is 59.2 Å². The number of methoxy groups -OCH3 is 3. The lowest BCUT2D eigenvalue weighted by molar-refractivity contribution is -0.193. The van der Waals surface area contributed by atoms with E-state index < -0.39 is 12.4 Å². The largest absolute Gasteiger partial charge is 0.493 e. The van der Waals surface area contributed by atoms with Crippen molar-refractivity contribution in [2.75, 3.05) is 41.0 Å². The number of benzene rings is 2. The summed E-state index contributed by atoms with van der Waals surface area (Å²) in [5, 5.41) is 20.0. The van der Waals surface area contributed by atoms with Crippen molar-refractivity contribution in [2.24, 2.45) is 0 Å². The number of nitrogens with zero attached hydrogens (tertiary/aromatic N) is 2. The van der Waals surface area contributed by atoms with E-state index in [1.807, 2.05) is 24.4 Å². The summed E-state index contributed by atoms with van der Waals surface area (Å²) in [6.45, 7) is 1.10. The minimum absolute atomic E-state index is 0.00117. The van der Waals surface area contributed by atoms with Gasteiger partial charge in [-0.1, -0.05) is 30.3 Å². The van der Waals surface area contributed by atoms with Crippen LogP contribution in [0, 0.1) is 16.9 Å². The van der Waals surface area contributed by atoms with Crippen LogP contribution in [-0.2, 0) is 31.8 Å². The summed E-state index contributed by atoms with van der Waals surface area (Å²) in [6.07, 6.45) is 4.81. The number of fused-ring (bicyclic) bond motifs is 1. The molecule has 10 heteroatoms. The van der Waals surface area contributed by atoms with Crippen LogP contribution in [0.25, 0.3) is 0 Å². The first kappa shape index (κ1) is 28.6. The molecule has 2 aromatic rings. The van der Waals surface area contributed by atoms with Gasteiger partial charge >= 0.3 is 0 Å². The second-order valence-corrected chi connectivity index (χ2v) is 9.64. The molecular weight excluding hydrogens is 500 g/mol. The van der Waals surface area contributed by atoms with E-state index in [0.29, 0.717) is 18.1 Å². The summed E-state index contributed by atoms with van der Waals surface area (Å²) < 4.78 is 35.2. The zero-order valence-corrected chi connectivity index (χ0v) is 22.9. The Kier molecular flexibility index (Phi) is 10.4. The van der Waals surface area contributed by atoms with E-state index in [9.17, 15) is 0 Å². The Balaban J connectivity index is 1.60. The molecule has 1 heterocycles. The van der Waals surface area contributed by atoms with Crippen molar-refractivity contribution in [2.45, 2.75) is 56.9 Å². The number of nitriles is 1. The van der Waals surface area contributed by atoms with Crippen molar-refractivity contribution in [3.63, 3.8) is 0 Å². The average Bonchev–Trinajstić information content (AvgIpc) is 3.37. The van der Waals surface area contributed by atoms with Crippen molar-refractivity contribution in [1.82, 2.24) is 10.2 Å². The molecule has 39 heavy (non-hydrogen) atoms. The average molecular weight is 539 g/mol. The van der Waals surface area contributed by atoms with Gasteiger partial charge in [0.1, 0.15) is 12.2 Å². The Morgan fingerprint density at radius 1 is 1.08 bits per heavy atom. The first-order valence-corrected chi connectivity index (χ1v) is 13.3. The Bertz CT molecular complexity index is 1100. The summed E-state index contributed by atoms with van der Waals surface area (Å²) in [5.41, 5.74) is 3.45. The molecule has 0 saturated carbocycles. The molecule has 0 amide bonds. The van der Waals surface area contributed by atoms with Gasteiger partial charge in [0, 0.05) is 33.7 Å². The minimum atomic E-state index is -0.601. The number of ether oxygens (including phenoxy) is 6. The van der Waals surface area contributed by atoms with Gasteiger partial charge in [-0.2, -0.15) is 5.26 Å². The van der Waals surface area contributed by atoms with Gasteiger partial charge in [0.15, 0.2) is 30.3 Å². The molecule has 2 aromatic carbocycles. The maximum atomic E-state index is 9.17. The van der Waals surface area contributed by atoms with Crippen LogP contribution in [0.1, 0.15) is 42.1 Å². The zero-order chi connectivity index (χ0) is 27.6. The standard InChI is InChI=1S/C29H38N4O6/c1-34-24-12-11-22(16-25(24)38-23-14-20-8-4-5-9-21(20)15-23)26(39-27-10-6-7-13-37-27)17-33(29(31)32-19-30)18-28(35-2)36-3/h4-5,8-9,11-12,16,23,26-28H,6-7,10,13-15,17-18H2,1-3H3,(H2,31,32). The molecule has 1 fully saturated rings. The molecule has 2 atom stereocenters. The zero-order valence-electron chi connectivity index (χ0n) is 22.9. The van der Waals surface area contributed by atoms with Crippen LogP contribution < -0.4 is 14.8 Å². The highest BCUT2D eigenvalue weighted by Gasteiger charge is 2.28. The predicted molar refractivity (Wildman–Crippen MR) is 145 cm³/mol. The van der Waals surface area contributed by atoms with Gasteiger partial charge in [0.05, 0.1) is 20.2 Å². The first-order valence-electron chi connectivity index (χ1n) is 13.3. The fourth-order valence-corrected chi connectivity index (χ4v) is 5.01. The summed E-state index contributed by atoms with van der Waals surface area (Å²) in [7, 11) is 4.69. The Labute approximate surface area is 230 Å². The van der Waals surface area contributed by atoms with Crippen molar-refractivity contribution in [3.8, 4) is 17.7 Å². The molecule has 210 valence electrons. The molecule has 1 aliphatic carbocycles. The van der Waals surface area contributed by atoms with Gasteiger partial charge in [-0.3, -0.25) is 10.7 Å². The minimum Gasteiger partial charge on any atom is -0.493 e. The third-order valence-corrected chi connectivity index (χ3v) is 7.09. The second-order valence-electron chi connectivity index (χ2n) is 9.64. The lowest BCUT2D eigenvalue weighted by Crippen LogP contribution is -2.46. The maximum absolute atomic E-state index is 9.17. The van der Waals surface area contributed by atoms with Crippen LogP contribution in [0.4, 0.5) is 0 Å². The van der Waals surface area contributed by atoms with E-state index in [1.165, 1.54) is 25.3 Å². The molecule has 2 N–H and O–H groups in total. The highest BCUT2D eigenvalue weighted by Crippen LogP contribution is 2.36. The number of nitrogens with one attached hydrogen (secondary N) is 2. The van der Waals surface area contributed by atoms with Gasteiger partial charge in [-0.05, 0) is 48.1 Å². The van der Waals surface area contributed by atoms with E-state index in [4.69, 9.17) is 39.1 Å². The monoisotopic (exact) mass is 538 g/mol. The Hall–Kier alpha value is -3.36.